The summed E-state index contributed by atoms with van der Waals surface area (Å²) in [6.07, 6.45) is 6.15. The van der Waals surface area contributed by atoms with E-state index in [4.69, 9.17) is 20.8 Å². The third-order valence-electron chi connectivity index (χ3n) is 6.94. The molecule has 0 atom stereocenters. The number of carbonyl (C=O) groups excluding carboxylic acids is 2. The molecule has 41 heavy (non-hydrogen) atoms. The molecule has 1 aromatic heterocycles. The second kappa shape index (κ2) is 13.2. The van der Waals surface area contributed by atoms with Crippen LogP contribution in [0.3, 0.4) is 0 Å². The third-order valence-corrected chi connectivity index (χ3v) is 12.3. The highest BCUT2D eigenvalue weighted by molar-refractivity contribution is 7.89. The van der Waals surface area contributed by atoms with Crippen LogP contribution in [0.1, 0.15) is 52.7 Å². The van der Waals surface area contributed by atoms with Gasteiger partial charge in [0.1, 0.15) is 12.4 Å². The summed E-state index contributed by atoms with van der Waals surface area (Å²) in [6.45, 7) is 12.3. The Bertz CT molecular complexity index is 1520. The number of hydrogen-bond acceptors (Lipinski definition) is 6. The fraction of sp³-hybridized carbons (Fsp3) is 0.333. The molecule has 0 bridgehead atoms. The van der Waals surface area contributed by atoms with Gasteiger partial charge in [0.05, 0.1) is 18.6 Å². The number of ketones is 1. The number of amides is 1. The molecule has 3 aromatic rings. The lowest BCUT2D eigenvalue weighted by atomic mass is 10.1. The largest absolute Gasteiger partial charge is 0.491 e. The number of sulfonamides is 1. The van der Waals surface area contributed by atoms with Crippen molar-refractivity contribution in [2.24, 2.45) is 0 Å². The zero-order chi connectivity index (χ0) is 30.4. The Morgan fingerprint density at radius 2 is 1.73 bits per heavy atom. The van der Waals surface area contributed by atoms with Gasteiger partial charge in [0.2, 0.25) is 15.8 Å². The Labute approximate surface area is 248 Å². The van der Waals surface area contributed by atoms with E-state index in [0.29, 0.717) is 47.4 Å². The molecule has 1 heterocycles. The molecule has 0 radical (unpaired) electrons. The smallest absolute Gasteiger partial charge is 0.265 e. The van der Waals surface area contributed by atoms with E-state index in [1.807, 2.05) is 4.72 Å². The lowest BCUT2D eigenvalue weighted by molar-refractivity contribution is 0.0980. The molecular weight excluding hydrogens is 580 g/mol. The summed E-state index contributed by atoms with van der Waals surface area (Å²) in [5.41, 5.74) is 1.63. The van der Waals surface area contributed by atoms with Crippen molar-refractivity contribution in [2.45, 2.75) is 45.4 Å². The van der Waals surface area contributed by atoms with Crippen LogP contribution in [0.5, 0.6) is 5.75 Å². The van der Waals surface area contributed by atoms with E-state index in [2.05, 4.69) is 33.9 Å². The number of allylic oxidation sites excluding steroid dienone is 1. The summed E-state index contributed by atoms with van der Waals surface area (Å²) in [6, 6.07) is 15.2. The van der Waals surface area contributed by atoms with Gasteiger partial charge in [0.15, 0.2) is 8.32 Å². The predicted octanol–water partition coefficient (Wildman–Crippen LogP) is 6.18. The Morgan fingerprint density at radius 1 is 1.05 bits per heavy atom. The number of aromatic nitrogens is 1. The molecule has 3 rings (SSSR count). The van der Waals surface area contributed by atoms with E-state index < -0.39 is 24.2 Å². The summed E-state index contributed by atoms with van der Waals surface area (Å²) >= 11 is 6.03. The van der Waals surface area contributed by atoms with E-state index in [-0.39, 0.29) is 16.4 Å². The number of benzene rings is 2. The third kappa shape index (κ3) is 9.16. The number of hydrogen-bond donors (Lipinski definition) is 1. The van der Waals surface area contributed by atoms with Crippen LogP contribution in [-0.4, -0.2) is 52.5 Å². The van der Waals surface area contributed by atoms with Crippen molar-refractivity contribution >= 4 is 47.7 Å². The van der Waals surface area contributed by atoms with E-state index in [0.717, 1.165) is 6.26 Å². The monoisotopic (exact) mass is 616 g/mol. The molecule has 0 unspecified atom stereocenters. The molecule has 2 aromatic carbocycles. The molecule has 0 aliphatic carbocycles. The fourth-order valence-corrected chi connectivity index (χ4v) is 5.34. The molecular formula is C30H37ClN2O6SSi. The summed E-state index contributed by atoms with van der Waals surface area (Å²) in [5, 5.41) is 0.438. The van der Waals surface area contributed by atoms with E-state index in [1.54, 1.807) is 71.4 Å². The van der Waals surface area contributed by atoms with Crippen LogP contribution in [0.15, 0.2) is 66.9 Å². The zero-order valence-corrected chi connectivity index (χ0v) is 26.8. The molecule has 0 fully saturated rings. The van der Waals surface area contributed by atoms with Crippen LogP contribution in [0.25, 0.3) is 6.08 Å². The highest BCUT2D eigenvalue weighted by Crippen LogP contribution is 2.36. The molecule has 0 aliphatic rings. The number of carbonyl (C=O) groups is 2. The van der Waals surface area contributed by atoms with Gasteiger partial charge in [-0.1, -0.05) is 50.6 Å². The van der Waals surface area contributed by atoms with Crippen LogP contribution in [-0.2, 0) is 21.0 Å². The topological polar surface area (TPSA) is 104 Å². The van der Waals surface area contributed by atoms with Crippen molar-refractivity contribution in [3.05, 3.63) is 94.3 Å². The van der Waals surface area contributed by atoms with Crippen molar-refractivity contribution in [1.82, 2.24) is 9.29 Å². The lowest BCUT2D eigenvalue weighted by Crippen LogP contribution is -2.41. The van der Waals surface area contributed by atoms with Gasteiger partial charge in [-0.2, -0.15) is 0 Å². The van der Waals surface area contributed by atoms with Crippen LogP contribution in [0.4, 0.5) is 0 Å². The first-order valence-corrected chi connectivity index (χ1v) is 18.3. The number of ether oxygens (including phenoxy) is 1. The van der Waals surface area contributed by atoms with E-state index >= 15 is 0 Å². The van der Waals surface area contributed by atoms with Gasteiger partial charge in [-0.05, 0) is 72.2 Å². The molecule has 11 heteroatoms. The molecule has 0 saturated heterocycles. The molecule has 8 nitrogen and oxygen atoms in total. The standard InChI is InChI=1S/C30H37ClN2O6SSi/c1-30(2,3)41(5,6)39-20-19-38-25-15-12-23(13-16-25)28(34)27-10-8-18-33(27)17-7-9-22-11-14-24(31)21-26(22)29(35)32-40(4,36)37/h7-16,18,21H,17,19-20H2,1-6H3,(H,32,35)/b9-7+. The highest BCUT2D eigenvalue weighted by atomic mass is 35.5. The summed E-state index contributed by atoms with van der Waals surface area (Å²) in [4.78, 5) is 25.7. The minimum Gasteiger partial charge on any atom is -0.491 e. The van der Waals surface area contributed by atoms with Gasteiger partial charge in [-0.15, -0.1) is 0 Å². The first kappa shape index (κ1) is 32.3. The molecule has 220 valence electrons. The van der Waals surface area contributed by atoms with Gasteiger partial charge in [-0.25, -0.2) is 13.1 Å². The van der Waals surface area contributed by atoms with Gasteiger partial charge in [0, 0.05) is 28.9 Å². The zero-order valence-electron chi connectivity index (χ0n) is 24.2. The first-order chi connectivity index (χ1) is 19.1. The van der Waals surface area contributed by atoms with Crippen molar-refractivity contribution in [1.29, 1.82) is 0 Å². The Kier molecular flexibility index (Phi) is 10.4. The normalized spacial score (nSPS) is 12.5. The van der Waals surface area contributed by atoms with Gasteiger partial charge >= 0.3 is 0 Å². The minimum atomic E-state index is -3.74. The average Bonchev–Trinajstić information content (AvgIpc) is 3.34. The Morgan fingerprint density at radius 3 is 2.37 bits per heavy atom. The van der Waals surface area contributed by atoms with Crippen LogP contribution < -0.4 is 9.46 Å². The van der Waals surface area contributed by atoms with Crippen LogP contribution in [0, 0.1) is 0 Å². The molecule has 0 aliphatic heterocycles. The molecule has 0 saturated carbocycles. The molecule has 1 N–H and O–H groups in total. The summed E-state index contributed by atoms with van der Waals surface area (Å²) < 4.78 is 38.7. The number of rotatable bonds is 12. The number of nitrogens with zero attached hydrogens (tertiary/aromatic N) is 1. The summed E-state index contributed by atoms with van der Waals surface area (Å²) in [5.74, 6) is -0.254. The van der Waals surface area contributed by atoms with Crippen molar-refractivity contribution in [2.75, 3.05) is 19.5 Å². The number of nitrogens with one attached hydrogen (secondary N) is 1. The highest BCUT2D eigenvalue weighted by Gasteiger charge is 2.36. The SMILES string of the molecule is CC(C)(C)[Si](C)(C)OCCOc1ccc(C(=O)c2cccn2C/C=C/c2ccc(Cl)cc2C(=O)NS(C)(=O)=O)cc1. The summed E-state index contributed by atoms with van der Waals surface area (Å²) in [7, 11) is -5.57. The Balaban J connectivity index is 1.64. The van der Waals surface area contributed by atoms with E-state index in [1.165, 1.54) is 6.07 Å². The van der Waals surface area contributed by atoms with Crippen molar-refractivity contribution in [3.8, 4) is 5.75 Å². The minimum absolute atomic E-state index is 0.122. The second-order valence-electron chi connectivity index (χ2n) is 11.2. The van der Waals surface area contributed by atoms with Gasteiger partial charge < -0.3 is 13.7 Å². The van der Waals surface area contributed by atoms with Gasteiger partial charge in [0.25, 0.3) is 5.91 Å². The maximum absolute atomic E-state index is 13.2. The molecule has 0 spiro atoms. The quantitative estimate of drug-likeness (QED) is 0.148. The average molecular weight is 617 g/mol. The van der Waals surface area contributed by atoms with Crippen molar-refractivity contribution in [3.63, 3.8) is 0 Å². The predicted molar refractivity (Wildman–Crippen MR) is 166 cm³/mol. The second-order valence-corrected chi connectivity index (χ2v) is 18.2. The maximum atomic E-state index is 13.2. The maximum Gasteiger partial charge on any atom is 0.265 e. The van der Waals surface area contributed by atoms with Crippen LogP contribution in [0.2, 0.25) is 23.2 Å². The number of halogens is 1. The molecule has 1 amide bonds. The Hall–Kier alpha value is -3.18. The first-order valence-electron chi connectivity index (χ1n) is 13.1. The lowest BCUT2D eigenvalue weighted by Gasteiger charge is -2.36. The van der Waals surface area contributed by atoms with Crippen LogP contribution >= 0.6 is 11.6 Å². The van der Waals surface area contributed by atoms with E-state index in [9.17, 15) is 18.0 Å². The van der Waals surface area contributed by atoms with Gasteiger partial charge in [-0.3, -0.25) is 9.59 Å². The van der Waals surface area contributed by atoms with Crippen molar-refractivity contribution < 1.29 is 27.2 Å². The fourth-order valence-electron chi connectivity index (χ4n) is 3.69.